The second-order valence-electron chi connectivity index (χ2n) is 7.61. The maximum atomic E-state index is 13.1. The Morgan fingerprint density at radius 2 is 1.84 bits per heavy atom. The van der Waals surface area contributed by atoms with Crippen LogP contribution in [0.5, 0.6) is 0 Å². The fourth-order valence-electron chi connectivity index (χ4n) is 3.89. The molecule has 0 atom stereocenters. The highest BCUT2D eigenvalue weighted by molar-refractivity contribution is 7.92. The molecule has 1 aliphatic heterocycles. The van der Waals surface area contributed by atoms with E-state index in [0.717, 1.165) is 22.2 Å². The number of hydrogen-bond acceptors (Lipinski definition) is 5. The van der Waals surface area contributed by atoms with Crippen molar-refractivity contribution in [2.45, 2.75) is 17.9 Å². The van der Waals surface area contributed by atoms with Crippen LogP contribution in [0.1, 0.15) is 21.6 Å². The molecule has 0 radical (unpaired) electrons. The van der Waals surface area contributed by atoms with Crippen LogP contribution in [0.15, 0.2) is 84.0 Å². The monoisotopic (exact) mass is 444 g/mol. The molecule has 7 nitrogen and oxygen atoms in total. The number of fused-ring (bicyclic) bond motifs is 2. The van der Waals surface area contributed by atoms with E-state index in [1.165, 1.54) is 18.5 Å². The Bertz CT molecular complexity index is 1420. The highest BCUT2D eigenvalue weighted by atomic mass is 32.2. The lowest BCUT2D eigenvalue weighted by Crippen LogP contribution is -2.27. The van der Waals surface area contributed by atoms with Gasteiger partial charge in [0.15, 0.2) is 0 Å². The molecule has 0 saturated carbocycles. The zero-order chi connectivity index (χ0) is 22.1. The first-order chi connectivity index (χ1) is 15.5. The number of para-hydroxylation sites is 1. The molecule has 8 heteroatoms. The Balaban J connectivity index is 1.34. The molecule has 160 valence electrons. The molecule has 1 N–H and O–H groups in total. The van der Waals surface area contributed by atoms with Crippen molar-refractivity contribution in [3.05, 3.63) is 95.9 Å². The Labute approximate surface area is 185 Å². The Morgan fingerprint density at radius 1 is 0.969 bits per heavy atom. The van der Waals surface area contributed by atoms with Crippen molar-refractivity contribution in [1.29, 1.82) is 0 Å². The van der Waals surface area contributed by atoms with Gasteiger partial charge in [-0.3, -0.25) is 19.5 Å². The number of pyridine rings is 2. The van der Waals surface area contributed by atoms with Crippen LogP contribution in [0.4, 0.5) is 5.69 Å². The molecule has 2 aromatic carbocycles. The first kappa shape index (κ1) is 20.1. The molecule has 3 heterocycles. The van der Waals surface area contributed by atoms with Crippen molar-refractivity contribution in [3.8, 4) is 0 Å². The molecule has 5 rings (SSSR count). The second-order valence-corrected chi connectivity index (χ2v) is 9.29. The molecule has 1 amide bonds. The van der Waals surface area contributed by atoms with E-state index in [-0.39, 0.29) is 16.5 Å². The molecule has 0 saturated heterocycles. The molecule has 0 fully saturated rings. The average Bonchev–Trinajstić information content (AvgIpc) is 3.14. The molecular weight excluding hydrogens is 424 g/mol. The van der Waals surface area contributed by atoms with E-state index in [2.05, 4.69) is 14.7 Å². The minimum atomic E-state index is -3.85. The molecule has 0 spiro atoms. The number of carbonyl (C=O) groups excluding carboxylic acids is 1. The lowest BCUT2D eigenvalue weighted by atomic mass is 10.1. The smallest absolute Gasteiger partial charge is 0.263 e. The Hall–Kier alpha value is -3.78. The van der Waals surface area contributed by atoms with Gasteiger partial charge in [-0.15, -0.1) is 0 Å². The molecule has 4 aromatic rings. The van der Waals surface area contributed by atoms with E-state index < -0.39 is 10.0 Å². The Kier molecular flexibility index (Phi) is 5.07. The van der Waals surface area contributed by atoms with Crippen LogP contribution in [-0.4, -0.2) is 35.7 Å². The van der Waals surface area contributed by atoms with Gasteiger partial charge < -0.3 is 4.90 Å². The molecule has 32 heavy (non-hydrogen) atoms. The van der Waals surface area contributed by atoms with Gasteiger partial charge in [-0.05, 0) is 35.9 Å². The van der Waals surface area contributed by atoms with Gasteiger partial charge in [0.25, 0.3) is 15.9 Å². The van der Waals surface area contributed by atoms with Crippen LogP contribution in [0.25, 0.3) is 10.9 Å². The van der Waals surface area contributed by atoms with Crippen LogP contribution >= 0.6 is 0 Å². The SMILES string of the molecule is O=C1c2c(cccc2NS(=O)(=O)c2cccnc2)CN1CCc1ccc2ccccc2n1. The van der Waals surface area contributed by atoms with Crippen LogP contribution in [-0.2, 0) is 23.0 Å². The number of nitrogens with zero attached hydrogens (tertiary/aromatic N) is 3. The molecule has 0 aliphatic carbocycles. The van der Waals surface area contributed by atoms with Crippen LogP contribution in [0, 0.1) is 0 Å². The number of rotatable bonds is 6. The van der Waals surface area contributed by atoms with Crippen LogP contribution in [0.2, 0.25) is 0 Å². The van der Waals surface area contributed by atoms with Gasteiger partial charge in [-0.2, -0.15) is 0 Å². The van der Waals surface area contributed by atoms with E-state index in [0.29, 0.717) is 25.1 Å². The zero-order valence-electron chi connectivity index (χ0n) is 17.1. The van der Waals surface area contributed by atoms with E-state index >= 15 is 0 Å². The van der Waals surface area contributed by atoms with Crippen LogP contribution in [0.3, 0.4) is 0 Å². The summed E-state index contributed by atoms with van der Waals surface area (Å²) in [5, 5.41) is 1.08. The summed E-state index contributed by atoms with van der Waals surface area (Å²) in [7, 11) is -3.85. The minimum Gasteiger partial charge on any atom is -0.334 e. The van der Waals surface area contributed by atoms with Gasteiger partial charge in [0.1, 0.15) is 4.90 Å². The Morgan fingerprint density at radius 3 is 2.69 bits per heavy atom. The molecular formula is C24H20N4O3S. The summed E-state index contributed by atoms with van der Waals surface area (Å²) >= 11 is 0. The average molecular weight is 445 g/mol. The predicted molar refractivity (Wildman–Crippen MR) is 122 cm³/mol. The third kappa shape index (κ3) is 3.80. The minimum absolute atomic E-state index is 0.0438. The number of amides is 1. The zero-order valence-corrected chi connectivity index (χ0v) is 17.9. The highest BCUT2D eigenvalue weighted by Gasteiger charge is 2.31. The number of carbonyl (C=O) groups is 1. The maximum Gasteiger partial charge on any atom is 0.263 e. The second kappa shape index (κ2) is 8.05. The number of benzene rings is 2. The van der Waals surface area contributed by atoms with Gasteiger partial charge in [-0.25, -0.2) is 8.42 Å². The topological polar surface area (TPSA) is 92.3 Å². The standard InChI is InChI=1S/C24H20N4O3S/c29-24-23-18(6-3-9-22(23)27-32(30,31)20-7-4-13-25-15-20)16-28(24)14-12-19-11-10-17-5-1-2-8-21(17)26-19/h1-11,13,15,27H,12,14,16H2. The van der Waals surface area contributed by atoms with Crippen molar-refractivity contribution >= 4 is 32.5 Å². The first-order valence-corrected chi connectivity index (χ1v) is 11.7. The van der Waals surface area contributed by atoms with Crippen molar-refractivity contribution in [1.82, 2.24) is 14.9 Å². The summed E-state index contributed by atoms with van der Waals surface area (Å²) < 4.78 is 28.0. The molecule has 0 bridgehead atoms. The summed E-state index contributed by atoms with van der Waals surface area (Å²) in [4.78, 5) is 23.4. The summed E-state index contributed by atoms with van der Waals surface area (Å²) in [5.41, 5.74) is 3.31. The van der Waals surface area contributed by atoms with Gasteiger partial charge in [0.2, 0.25) is 0 Å². The fraction of sp³-hybridized carbons (Fsp3) is 0.125. The van der Waals surface area contributed by atoms with Gasteiger partial charge in [0, 0.05) is 43.0 Å². The summed E-state index contributed by atoms with van der Waals surface area (Å²) in [6, 6.07) is 20.1. The van der Waals surface area contributed by atoms with Gasteiger partial charge >= 0.3 is 0 Å². The van der Waals surface area contributed by atoms with Gasteiger partial charge in [-0.1, -0.05) is 36.4 Å². The van der Waals surface area contributed by atoms with E-state index in [9.17, 15) is 13.2 Å². The highest BCUT2D eigenvalue weighted by Crippen LogP contribution is 2.31. The van der Waals surface area contributed by atoms with Crippen molar-refractivity contribution in [3.63, 3.8) is 0 Å². The first-order valence-electron chi connectivity index (χ1n) is 10.2. The van der Waals surface area contributed by atoms with Crippen molar-refractivity contribution < 1.29 is 13.2 Å². The molecule has 1 aliphatic rings. The third-order valence-electron chi connectivity index (χ3n) is 5.50. The number of nitrogens with one attached hydrogen (secondary N) is 1. The van der Waals surface area contributed by atoms with Crippen LogP contribution < -0.4 is 4.72 Å². The number of aromatic nitrogens is 2. The number of hydrogen-bond donors (Lipinski definition) is 1. The summed E-state index contributed by atoms with van der Waals surface area (Å²) in [5.74, 6) is -0.190. The van der Waals surface area contributed by atoms with Gasteiger partial charge in [0.05, 0.1) is 16.8 Å². The number of sulfonamides is 1. The lowest BCUT2D eigenvalue weighted by molar-refractivity contribution is 0.0781. The summed E-state index contributed by atoms with van der Waals surface area (Å²) in [6.07, 6.45) is 3.39. The van der Waals surface area contributed by atoms with E-state index in [1.54, 1.807) is 23.1 Å². The van der Waals surface area contributed by atoms with Crippen molar-refractivity contribution in [2.75, 3.05) is 11.3 Å². The lowest BCUT2D eigenvalue weighted by Gasteiger charge is -2.16. The van der Waals surface area contributed by atoms with E-state index in [4.69, 9.17) is 0 Å². The predicted octanol–water partition coefficient (Wildman–Crippen LogP) is 3.63. The normalized spacial score (nSPS) is 13.4. The third-order valence-corrected chi connectivity index (χ3v) is 6.85. The molecule has 0 unspecified atom stereocenters. The number of anilines is 1. The largest absolute Gasteiger partial charge is 0.334 e. The molecule has 2 aromatic heterocycles. The maximum absolute atomic E-state index is 13.1. The quantitative estimate of drug-likeness (QED) is 0.490. The van der Waals surface area contributed by atoms with E-state index in [1.807, 2.05) is 42.5 Å². The fourth-order valence-corrected chi connectivity index (χ4v) is 4.93. The summed E-state index contributed by atoms with van der Waals surface area (Å²) in [6.45, 7) is 0.928. The van der Waals surface area contributed by atoms with Crippen molar-refractivity contribution in [2.24, 2.45) is 0 Å².